The fourth-order valence-corrected chi connectivity index (χ4v) is 1.20. The fraction of sp³-hybridized carbons (Fsp3) is 0.750. The number of amides is 2. The van der Waals surface area contributed by atoms with Gasteiger partial charge in [-0.15, -0.1) is 0 Å². The van der Waals surface area contributed by atoms with E-state index in [4.69, 9.17) is 5.11 Å². The number of hydrogen-bond donors (Lipinski definition) is 1. The van der Waals surface area contributed by atoms with Crippen LogP contribution in [0.25, 0.3) is 0 Å². The highest BCUT2D eigenvalue weighted by Gasteiger charge is 2.29. The Bertz CT molecular complexity index is 186. The summed E-state index contributed by atoms with van der Waals surface area (Å²) >= 11 is 0. The van der Waals surface area contributed by atoms with Crippen LogP contribution in [0.4, 0.5) is 0 Å². The molecule has 0 aromatic carbocycles. The molecule has 12 heavy (non-hydrogen) atoms. The number of hydrogen-bond acceptors (Lipinski definition) is 3. The molecule has 4 nitrogen and oxygen atoms in total. The number of carbonyl (C=O) groups is 2. The van der Waals surface area contributed by atoms with Crippen molar-refractivity contribution in [1.29, 1.82) is 0 Å². The van der Waals surface area contributed by atoms with Gasteiger partial charge in [0.25, 0.3) is 0 Å². The fourth-order valence-electron chi connectivity index (χ4n) is 1.20. The Kier molecular flexibility index (Phi) is 2.81. The lowest BCUT2D eigenvalue weighted by molar-refractivity contribution is -0.139. The molecule has 0 aromatic rings. The minimum absolute atomic E-state index is 0.0110. The van der Waals surface area contributed by atoms with Crippen LogP contribution in [0.2, 0.25) is 0 Å². The maximum Gasteiger partial charge on any atom is 0.229 e. The lowest BCUT2D eigenvalue weighted by Gasteiger charge is -2.16. The van der Waals surface area contributed by atoms with E-state index in [0.717, 1.165) is 0 Å². The molecule has 1 rings (SSSR count). The van der Waals surface area contributed by atoms with E-state index in [2.05, 4.69) is 0 Å². The van der Waals surface area contributed by atoms with Crippen LogP contribution in [0, 0.1) is 5.92 Å². The van der Waals surface area contributed by atoms with Gasteiger partial charge in [0, 0.05) is 26.0 Å². The summed E-state index contributed by atoms with van der Waals surface area (Å²) in [7, 11) is 0. The largest absolute Gasteiger partial charge is 0.396 e. The number of rotatable bonds is 3. The van der Waals surface area contributed by atoms with E-state index >= 15 is 0 Å². The summed E-state index contributed by atoms with van der Waals surface area (Å²) < 4.78 is 0. The standard InChI is InChI=1S/C8H13NO3/c1-6(5-10)4-9-7(11)2-3-8(9)12/h6,10H,2-5H2,1H3. The van der Waals surface area contributed by atoms with Crippen LogP contribution in [-0.4, -0.2) is 35.0 Å². The predicted octanol–water partition coefficient (Wildman–Crippen LogP) is -0.236. The molecule has 0 saturated carbocycles. The first-order chi connectivity index (χ1) is 5.65. The minimum Gasteiger partial charge on any atom is -0.396 e. The van der Waals surface area contributed by atoms with Gasteiger partial charge in [-0.1, -0.05) is 6.92 Å². The normalized spacial score (nSPS) is 20.3. The molecule has 0 spiro atoms. The maximum absolute atomic E-state index is 11.1. The highest BCUT2D eigenvalue weighted by atomic mass is 16.3. The lowest BCUT2D eigenvalue weighted by Crippen LogP contribution is -2.34. The molecule has 1 unspecified atom stereocenters. The van der Waals surface area contributed by atoms with Crippen molar-refractivity contribution in [2.45, 2.75) is 19.8 Å². The second-order valence-electron chi connectivity index (χ2n) is 3.19. The first kappa shape index (κ1) is 9.19. The molecule has 0 radical (unpaired) electrons. The van der Waals surface area contributed by atoms with Gasteiger partial charge in [0.15, 0.2) is 0 Å². The molecule has 1 aliphatic rings. The van der Waals surface area contributed by atoms with Crippen LogP contribution >= 0.6 is 0 Å². The third kappa shape index (κ3) is 1.82. The Labute approximate surface area is 71.2 Å². The van der Waals surface area contributed by atoms with Gasteiger partial charge in [-0.3, -0.25) is 14.5 Å². The molecule has 68 valence electrons. The lowest BCUT2D eigenvalue weighted by atomic mass is 10.2. The van der Waals surface area contributed by atoms with Crippen LogP contribution in [0.3, 0.4) is 0 Å². The van der Waals surface area contributed by atoms with E-state index in [9.17, 15) is 9.59 Å². The van der Waals surface area contributed by atoms with Gasteiger partial charge < -0.3 is 5.11 Å². The number of nitrogens with zero attached hydrogens (tertiary/aromatic N) is 1. The molecular weight excluding hydrogens is 158 g/mol. The summed E-state index contributed by atoms with van der Waals surface area (Å²) in [4.78, 5) is 23.4. The molecule has 0 bridgehead atoms. The van der Waals surface area contributed by atoms with Crippen molar-refractivity contribution in [2.75, 3.05) is 13.2 Å². The van der Waals surface area contributed by atoms with Gasteiger partial charge in [0.1, 0.15) is 0 Å². The van der Waals surface area contributed by atoms with Crippen molar-refractivity contribution in [1.82, 2.24) is 4.90 Å². The highest BCUT2D eigenvalue weighted by Crippen LogP contribution is 2.13. The molecule has 4 heteroatoms. The van der Waals surface area contributed by atoms with Crippen molar-refractivity contribution in [2.24, 2.45) is 5.92 Å². The van der Waals surface area contributed by atoms with Gasteiger partial charge in [0.2, 0.25) is 11.8 Å². The van der Waals surface area contributed by atoms with Gasteiger partial charge in [0.05, 0.1) is 0 Å². The number of imide groups is 1. The summed E-state index contributed by atoms with van der Waals surface area (Å²) in [6, 6.07) is 0. The zero-order valence-corrected chi connectivity index (χ0v) is 7.12. The molecule has 1 saturated heterocycles. The maximum atomic E-state index is 11.1. The van der Waals surface area contributed by atoms with E-state index < -0.39 is 0 Å². The van der Waals surface area contributed by atoms with Gasteiger partial charge >= 0.3 is 0 Å². The Morgan fingerprint density at radius 2 is 1.92 bits per heavy atom. The van der Waals surface area contributed by atoms with Gasteiger partial charge in [-0.2, -0.15) is 0 Å². The zero-order valence-electron chi connectivity index (χ0n) is 7.12. The van der Waals surface area contributed by atoms with E-state index in [1.54, 1.807) is 6.92 Å². The number of aliphatic hydroxyl groups excluding tert-OH is 1. The van der Waals surface area contributed by atoms with E-state index in [1.807, 2.05) is 0 Å². The second-order valence-corrected chi connectivity index (χ2v) is 3.19. The van der Waals surface area contributed by atoms with Crippen LogP contribution in [0.5, 0.6) is 0 Å². The highest BCUT2D eigenvalue weighted by molar-refractivity contribution is 6.01. The van der Waals surface area contributed by atoms with E-state index in [1.165, 1.54) is 4.90 Å². The van der Waals surface area contributed by atoms with Gasteiger partial charge in [-0.05, 0) is 5.92 Å². The number of carbonyl (C=O) groups excluding carboxylic acids is 2. The Balaban J connectivity index is 2.50. The molecule has 1 N–H and O–H groups in total. The molecule has 0 aromatic heterocycles. The van der Waals surface area contributed by atoms with E-state index in [-0.39, 0.29) is 24.3 Å². The average Bonchev–Trinajstić information content (AvgIpc) is 2.35. The first-order valence-electron chi connectivity index (χ1n) is 4.09. The quantitative estimate of drug-likeness (QED) is 0.596. The van der Waals surface area contributed by atoms with Crippen molar-refractivity contribution in [3.63, 3.8) is 0 Å². The summed E-state index contributed by atoms with van der Waals surface area (Å²) in [5, 5.41) is 8.72. The van der Waals surface area contributed by atoms with Crippen LogP contribution in [0.15, 0.2) is 0 Å². The molecule has 1 atom stereocenters. The minimum atomic E-state index is -0.111. The third-order valence-electron chi connectivity index (χ3n) is 1.96. The third-order valence-corrected chi connectivity index (χ3v) is 1.96. The Morgan fingerprint density at radius 3 is 2.33 bits per heavy atom. The summed E-state index contributed by atoms with van der Waals surface area (Å²) in [6.07, 6.45) is 0.661. The van der Waals surface area contributed by atoms with Crippen LogP contribution < -0.4 is 0 Å². The number of likely N-dealkylation sites (tertiary alicyclic amines) is 1. The topological polar surface area (TPSA) is 57.6 Å². The average molecular weight is 171 g/mol. The van der Waals surface area contributed by atoms with Crippen LogP contribution in [0.1, 0.15) is 19.8 Å². The Morgan fingerprint density at radius 1 is 1.42 bits per heavy atom. The van der Waals surface area contributed by atoms with E-state index in [0.29, 0.717) is 19.4 Å². The Hall–Kier alpha value is -0.900. The summed E-state index contributed by atoms with van der Waals surface area (Å²) in [6.45, 7) is 2.17. The van der Waals surface area contributed by atoms with Gasteiger partial charge in [-0.25, -0.2) is 0 Å². The molecule has 0 aliphatic carbocycles. The van der Waals surface area contributed by atoms with Crippen molar-refractivity contribution in [3.8, 4) is 0 Å². The zero-order chi connectivity index (χ0) is 9.14. The van der Waals surface area contributed by atoms with Crippen LogP contribution in [-0.2, 0) is 9.59 Å². The molecular formula is C8H13NO3. The number of aliphatic hydroxyl groups is 1. The van der Waals surface area contributed by atoms with Crippen molar-refractivity contribution < 1.29 is 14.7 Å². The van der Waals surface area contributed by atoms with Crippen molar-refractivity contribution >= 4 is 11.8 Å². The predicted molar refractivity (Wildman–Crippen MR) is 42.2 cm³/mol. The van der Waals surface area contributed by atoms with Crippen molar-refractivity contribution in [3.05, 3.63) is 0 Å². The molecule has 2 amide bonds. The molecule has 1 heterocycles. The first-order valence-corrected chi connectivity index (χ1v) is 4.09. The smallest absolute Gasteiger partial charge is 0.229 e. The summed E-state index contributed by atoms with van der Waals surface area (Å²) in [5.41, 5.74) is 0. The second kappa shape index (κ2) is 3.67. The SMILES string of the molecule is CC(CO)CN1C(=O)CCC1=O. The summed E-state index contributed by atoms with van der Waals surface area (Å²) in [5.74, 6) is -0.239. The molecule has 1 aliphatic heterocycles. The monoisotopic (exact) mass is 171 g/mol. The molecule has 1 fully saturated rings.